The lowest BCUT2D eigenvalue weighted by molar-refractivity contribution is -0.131. The number of Topliss-reactive ketones (excluding diaryl/α,β-unsaturated/α-hetero) is 2. The van der Waals surface area contributed by atoms with Crippen molar-refractivity contribution in [3.05, 3.63) is 119 Å². The minimum absolute atomic E-state index is 0.0970. The molecule has 3 aromatic rings. The molecule has 0 fully saturated rings. The van der Waals surface area contributed by atoms with Crippen LogP contribution in [-0.2, 0) is 15.0 Å². The molecule has 0 spiro atoms. The van der Waals surface area contributed by atoms with E-state index in [0.29, 0.717) is 6.42 Å². The summed E-state index contributed by atoms with van der Waals surface area (Å²) in [6.07, 6.45) is 10.7. The second-order valence-electron chi connectivity index (χ2n) is 11.8. The number of ketones is 2. The quantitative estimate of drug-likeness (QED) is 0.138. The predicted octanol–water partition coefficient (Wildman–Crippen LogP) is 7.61. The third kappa shape index (κ3) is 7.17. The van der Waals surface area contributed by atoms with Crippen molar-refractivity contribution >= 4 is 11.6 Å². The summed E-state index contributed by atoms with van der Waals surface area (Å²) >= 11 is 0. The average molecular weight is 567 g/mol. The second kappa shape index (κ2) is 15.8. The topological polar surface area (TPSA) is 74.6 Å². The number of hydrogen-bond acceptors (Lipinski definition) is 4. The summed E-state index contributed by atoms with van der Waals surface area (Å²) in [5.41, 5.74) is 4.04. The number of carbonyl (C=O) groups excluding carboxylic acids is 2. The molecule has 0 saturated carbocycles. The van der Waals surface area contributed by atoms with Gasteiger partial charge in [0.2, 0.25) is 0 Å². The molecular formula is C38H46O4. The fourth-order valence-electron chi connectivity index (χ4n) is 6.85. The van der Waals surface area contributed by atoms with Crippen molar-refractivity contribution in [3.8, 4) is 0 Å². The first-order valence-electron chi connectivity index (χ1n) is 15.7. The monoisotopic (exact) mass is 566 g/mol. The maximum Gasteiger partial charge on any atom is 0.165 e. The zero-order valence-electron chi connectivity index (χ0n) is 25.0. The number of aliphatic hydroxyl groups is 2. The molecule has 3 aromatic carbocycles. The Balaban J connectivity index is 1.26. The van der Waals surface area contributed by atoms with Crippen molar-refractivity contribution in [1.29, 1.82) is 0 Å². The van der Waals surface area contributed by atoms with Gasteiger partial charge in [-0.3, -0.25) is 9.59 Å². The van der Waals surface area contributed by atoms with Crippen LogP contribution in [0.25, 0.3) is 0 Å². The van der Waals surface area contributed by atoms with Crippen molar-refractivity contribution in [3.63, 3.8) is 0 Å². The molecule has 2 atom stereocenters. The molecule has 0 saturated heterocycles. The van der Waals surface area contributed by atoms with Gasteiger partial charge in [-0.05, 0) is 29.5 Å². The fourth-order valence-corrected chi connectivity index (χ4v) is 6.85. The van der Waals surface area contributed by atoms with Crippen molar-refractivity contribution < 1.29 is 19.8 Å². The van der Waals surface area contributed by atoms with Gasteiger partial charge in [0.15, 0.2) is 11.6 Å². The molecule has 4 rings (SSSR count). The zero-order chi connectivity index (χ0) is 29.8. The maximum absolute atomic E-state index is 12.8. The first kappa shape index (κ1) is 31.6. The Morgan fingerprint density at radius 1 is 0.548 bits per heavy atom. The molecule has 2 N–H and O–H groups in total. The Kier molecular flexibility index (Phi) is 11.9. The zero-order valence-corrected chi connectivity index (χ0v) is 25.0. The highest BCUT2D eigenvalue weighted by atomic mass is 16.3. The van der Waals surface area contributed by atoms with Crippen molar-refractivity contribution in [2.45, 2.75) is 76.5 Å². The van der Waals surface area contributed by atoms with Crippen LogP contribution in [-0.4, -0.2) is 35.0 Å². The summed E-state index contributed by atoms with van der Waals surface area (Å²) in [4.78, 5) is 25.4. The van der Waals surface area contributed by atoms with E-state index < -0.39 is 19.1 Å². The SMILES string of the molecule is CC1C(=O)C(CO)=C(CO)C(=O)C1CCCCCCCCCCC(c1ccccc1)(c1ccccc1)c1ccccc1. The van der Waals surface area contributed by atoms with Crippen LogP contribution in [0.3, 0.4) is 0 Å². The van der Waals surface area contributed by atoms with Gasteiger partial charge in [-0.2, -0.15) is 0 Å². The lowest BCUT2D eigenvalue weighted by atomic mass is 9.66. The molecule has 4 nitrogen and oxygen atoms in total. The van der Waals surface area contributed by atoms with E-state index in [0.717, 1.165) is 32.1 Å². The fraction of sp³-hybridized carbons (Fsp3) is 0.421. The van der Waals surface area contributed by atoms with E-state index >= 15 is 0 Å². The molecular weight excluding hydrogens is 520 g/mol. The summed E-state index contributed by atoms with van der Waals surface area (Å²) < 4.78 is 0. The van der Waals surface area contributed by atoms with E-state index in [2.05, 4.69) is 91.0 Å². The normalized spacial score (nSPS) is 17.6. The Hall–Kier alpha value is -3.34. The van der Waals surface area contributed by atoms with Gasteiger partial charge in [0, 0.05) is 28.4 Å². The van der Waals surface area contributed by atoms with Gasteiger partial charge in [-0.15, -0.1) is 0 Å². The molecule has 222 valence electrons. The van der Waals surface area contributed by atoms with E-state index in [-0.39, 0.29) is 34.0 Å². The highest BCUT2D eigenvalue weighted by Gasteiger charge is 2.39. The third-order valence-corrected chi connectivity index (χ3v) is 9.25. The Labute approximate surface area is 251 Å². The van der Waals surface area contributed by atoms with Gasteiger partial charge in [0.25, 0.3) is 0 Å². The minimum atomic E-state index is -0.483. The number of aliphatic hydroxyl groups excluding tert-OH is 2. The van der Waals surface area contributed by atoms with Crippen LogP contribution >= 0.6 is 0 Å². The largest absolute Gasteiger partial charge is 0.392 e. The first-order valence-corrected chi connectivity index (χ1v) is 15.7. The Morgan fingerprint density at radius 2 is 0.929 bits per heavy atom. The maximum atomic E-state index is 12.8. The van der Waals surface area contributed by atoms with Gasteiger partial charge in [0.05, 0.1) is 13.2 Å². The van der Waals surface area contributed by atoms with Crippen LogP contribution in [0.4, 0.5) is 0 Å². The van der Waals surface area contributed by atoms with Crippen LogP contribution < -0.4 is 0 Å². The van der Waals surface area contributed by atoms with Gasteiger partial charge < -0.3 is 10.2 Å². The van der Waals surface area contributed by atoms with Crippen LogP contribution in [0.1, 0.15) is 87.8 Å². The minimum Gasteiger partial charge on any atom is -0.392 e. The van der Waals surface area contributed by atoms with E-state index in [1.807, 2.05) is 0 Å². The lowest BCUT2D eigenvalue weighted by Gasteiger charge is -2.36. The summed E-state index contributed by atoms with van der Waals surface area (Å²) in [5.74, 6) is -1.16. The molecule has 0 aromatic heterocycles. The summed E-state index contributed by atoms with van der Waals surface area (Å²) in [5, 5.41) is 19.1. The molecule has 0 bridgehead atoms. The van der Waals surface area contributed by atoms with Gasteiger partial charge in [-0.1, -0.05) is 149 Å². The number of rotatable bonds is 16. The van der Waals surface area contributed by atoms with E-state index in [9.17, 15) is 19.8 Å². The molecule has 1 aliphatic carbocycles. The average Bonchev–Trinajstić information content (AvgIpc) is 3.04. The van der Waals surface area contributed by atoms with Crippen molar-refractivity contribution in [1.82, 2.24) is 0 Å². The van der Waals surface area contributed by atoms with Gasteiger partial charge in [0.1, 0.15) is 0 Å². The predicted molar refractivity (Wildman–Crippen MR) is 169 cm³/mol. The molecule has 42 heavy (non-hydrogen) atoms. The van der Waals surface area contributed by atoms with Crippen LogP contribution in [0, 0.1) is 11.8 Å². The highest BCUT2D eigenvalue weighted by Crippen LogP contribution is 2.43. The molecule has 0 heterocycles. The molecule has 4 heteroatoms. The molecule has 0 aliphatic heterocycles. The van der Waals surface area contributed by atoms with E-state index in [4.69, 9.17) is 0 Å². The van der Waals surface area contributed by atoms with E-state index in [1.165, 1.54) is 42.4 Å². The molecule has 2 unspecified atom stereocenters. The Bertz CT molecular complexity index is 1200. The van der Waals surface area contributed by atoms with Crippen molar-refractivity contribution in [2.75, 3.05) is 13.2 Å². The summed E-state index contributed by atoms with van der Waals surface area (Å²) in [6.45, 7) is 0.812. The number of hydrogen-bond donors (Lipinski definition) is 2. The number of unbranched alkanes of at least 4 members (excludes halogenated alkanes) is 7. The van der Waals surface area contributed by atoms with Crippen LogP contribution in [0.5, 0.6) is 0 Å². The third-order valence-electron chi connectivity index (χ3n) is 9.25. The second-order valence-corrected chi connectivity index (χ2v) is 11.8. The smallest absolute Gasteiger partial charge is 0.165 e. The number of carbonyl (C=O) groups is 2. The summed E-state index contributed by atoms with van der Waals surface area (Å²) in [6, 6.07) is 32.8. The Morgan fingerprint density at radius 3 is 1.36 bits per heavy atom. The standard InChI is InChI=1S/C38H46O4/c1-29-33(37(42)35(28-40)34(27-39)36(29)41)25-17-6-4-2-3-5-7-18-26-38(30-19-11-8-12-20-30,31-21-13-9-14-22-31)32-23-15-10-16-24-32/h8-16,19-24,29,33,39-40H,2-7,17-18,25-28H2,1H3. The highest BCUT2D eigenvalue weighted by molar-refractivity contribution is 6.14. The molecule has 1 aliphatic rings. The summed E-state index contributed by atoms with van der Waals surface area (Å²) in [7, 11) is 0. The van der Waals surface area contributed by atoms with E-state index in [1.54, 1.807) is 6.92 Å². The van der Waals surface area contributed by atoms with Gasteiger partial charge in [-0.25, -0.2) is 0 Å². The van der Waals surface area contributed by atoms with Crippen LogP contribution in [0.2, 0.25) is 0 Å². The molecule has 0 radical (unpaired) electrons. The van der Waals surface area contributed by atoms with Gasteiger partial charge >= 0.3 is 0 Å². The first-order chi connectivity index (χ1) is 20.5. The molecule has 0 amide bonds. The van der Waals surface area contributed by atoms with Crippen LogP contribution in [0.15, 0.2) is 102 Å². The number of benzene rings is 3. The van der Waals surface area contributed by atoms with Crippen molar-refractivity contribution in [2.24, 2.45) is 11.8 Å². The lowest BCUT2D eigenvalue weighted by Crippen LogP contribution is -2.38.